The van der Waals surface area contributed by atoms with Crippen molar-refractivity contribution >= 4 is 28.2 Å². The van der Waals surface area contributed by atoms with Crippen molar-refractivity contribution in [3.63, 3.8) is 0 Å². The third kappa shape index (κ3) is 1.96. The summed E-state index contributed by atoms with van der Waals surface area (Å²) in [7, 11) is 0. The Morgan fingerprint density at radius 1 is 1.18 bits per heavy atom. The number of anilines is 1. The van der Waals surface area contributed by atoms with E-state index in [0.717, 1.165) is 47.8 Å². The van der Waals surface area contributed by atoms with E-state index in [1.54, 1.807) is 0 Å². The molecule has 0 saturated carbocycles. The topological polar surface area (TPSA) is 28.2 Å². The van der Waals surface area contributed by atoms with Crippen LogP contribution in [0.15, 0.2) is 30.5 Å². The quantitative estimate of drug-likeness (QED) is 0.838. The molecular formula is C13H14ClN3. The fourth-order valence-corrected chi connectivity index (χ4v) is 2.55. The summed E-state index contributed by atoms with van der Waals surface area (Å²) in [6, 6.07) is 7.99. The molecule has 0 aliphatic carbocycles. The molecular weight excluding hydrogens is 234 g/mol. The molecule has 1 saturated heterocycles. The van der Waals surface area contributed by atoms with Gasteiger partial charge >= 0.3 is 0 Å². The number of nitrogens with one attached hydrogen (secondary N) is 1. The number of fused-ring (bicyclic) bond motifs is 1. The van der Waals surface area contributed by atoms with Crippen molar-refractivity contribution in [3.8, 4) is 0 Å². The van der Waals surface area contributed by atoms with Crippen LogP contribution in [0.25, 0.3) is 10.8 Å². The van der Waals surface area contributed by atoms with E-state index in [4.69, 9.17) is 11.6 Å². The van der Waals surface area contributed by atoms with Gasteiger partial charge in [0.2, 0.25) is 0 Å². The molecule has 2 aromatic rings. The van der Waals surface area contributed by atoms with Gasteiger partial charge in [-0.25, -0.2) is 4.98 Å². The summed E-state index contributed by atoms with van der Waals surface area (Å²) < 4.78 is 0. The second-order valence-corrected chi connectivity index (χ2v) is 4.62. The van der Waals surface area contributed by atoms with Crippen LogP contribution < -0.4 is 10.2 Å². The summed E-state index contributed by atoms with van der Waals surface area (Å²) in [5.41, 5.74) is 0. The lowest BCUT2D eigenvalue weighted by atomic mass is 10.1. The van der Waals surface area contributed by atoms with Gasteiger partial charge in [-0.2, -0.15) is 0 Å². The molecule has 1 aromatic carbocycles. The van der Waals surface area contributed by atoms with Crippen molar-refractivity contribution in [2.24, 2.45) is 0 Å². The molecule has 2 heterocycles. The first kappa shape index (κ1) is 10.8. The predicted molar refractivity (Wildman–Crippen MR) is 71.8 cm³/mol. The second-order valence-electron chi connectivity index (χ2n) is 4.21. The van der Waals surface area contributed by atoms with Gasteiger partial charge in [0.15, 0.2) is 0 Å². The van der Waals surface area contributed by atoms with Crippen molar-refractivity contribution in [2.75, 3.05) is 31.1 Å². The smallest absolute Gasteiger partial charge is 0.138 e. The zero-order chi connectivity index (χ0) is 11.7. The Morgan fingerprint density at radius 2 is 2.00 bits per heavy atom. The van der Waals surface area contributed by atoms with E-state index in [-0.39, 0.29) is 0 Å². The summed E-state index contributed by atoms with van der Waals surface area (Å²) in [5.74, 6) is 1.01. The first-order valence-corrected chi connectivity index (χ1v) is 6.23. The van der Waals surface area contributed by atoms with E-state index in [0.29, 0.717) is 0 Å². The molecule has 0 atom stereocenters. The largest absolute Gasteiger partial charge is 0.354 e. The lowest BCUT2D eigenvalue weighted by Crippen LogP contribution is -2.44. The van der Waals surface area contributed by atoms with Crippen LogP contribution in [-0.4, -0.2) is 31.2 Å². The molecule has 17 heavy (non-hydrogen) atoms. The maximum absolute atomic E-state index is 6.30. The van der Waals surface area contributed by atoms with Crippen molar-refractivity contribution in [2.45, 2.75) is 0 Å². The van der Waals surface area contributed by atoms with Gasteiger partial charge in [0.05, 0.1) is 5.02 Å². The normalized spacial score (nSPS) is 16.4. The number of halogens is 1. The second kappa shape index (κ2) is 4.51. The van der Waals surface area contributed by atoms with Gasteiger partial charge in [0, 0.05) is 37.8 Å². The Kier molecular flexibility index (Phi) is 2.87. The average Bonchev–Trinajstić information content (AvgIpc) is 2.39. The summed E-state index contributed by atoms with van der Waals surface area (Å²) >= 11 is 6.30. The number of hydrogen-bond donors (Lipinski definition) is 1. The maximum Gasteiger partial charge on any atom is 0.138 e. The molecule has 0 spiro atoms. The van der Waals surface area contributed by atoms with E-state index in [2.05, 4.69) is 21.3 Å². The molecule has 0 unspecified atom stereocenters. The highest BCUT2D eigenvalue weighted by Gasteiger charge is 2.15. The standard InChI is InChI=1S/C13H14ClN3/c14-11-3-1-2-10-4-5-16-13(12(10)11)17-8-6-15-7-9-17/h1-5,15H,6-9H2. The predicted octanol–water partition coefficient (Wildman–Crippen LogP) is 2.30. The van der Waals surface area contributed by atoms with Crippen LogP contribution in [0.3, 0.4) is 0 Å². The number of benzene rings is 1. The van der Waals surface area contributed by atoms with E-state index in [1.165, 1.54) is 0 Å². The van der Waals surface area contributed by atoms with Gasteiger partial charge in [0.1, 0.15) is 5.82 Å². The van der Waals surface area contributed by atoms with Crippen molar-refractivity contribution in [3.05, 3.63) is 35.5 Å². The zero-order valence-corrected chi connectivity index (χ0v) is 10.2. The van der Waals surface area contributed by atoms with Crippen molar-refractivity contribution < 1.29 is 0 Å². The van der Waals surface area contributed by atoms with Crippen LogP contribution in [0.5, 0.6) is 0 Å². The highest BCUT2D eigenvalue weighted by molar-refractivity contribution is 6.36. The molecule has 1 fully saturated rings. The van der Waals surface area contributed by atoms with E-state index in [1.807, 2.05) is 24.4 Å². The van der Waals surface area contributed by atoms with Gasteiger partial charge in [-0.3, -0.25) is 0 Å². The lowest BCUT2D eigenvalue weighted by Gasteiger charge is -2.29. The highest BCUT2D eigenvalue weighted by Crippen LogP contribution is 2.30. The van der Waals surface area contributed by atoms with Crippen LogP contribution in [0.4, 0.5) is 5.82 Å². The van der Waals surface area contributed by atoms with Crippen LogP contribution in [0.1, 0.15) is 0 Å². The van der Waals surface area contributed by atoms with Crippen molar-refractivity contribution in [1.29, 1.82) is 0 Å². The number of aromatic nitrogens is 1. The molecule has 1 aliphatic heterocycles. The molecule has 0 bridgehead atoms. The first-order valence-electron chi connectivity index (χ1n) is 5.85. The molecule has 0 amide bonds. The molecule has 3 rings (SSSR count). The van der Waals surface area contributed by atoms with Gasteiger partial charge < -0.3 is 10.2 Å². The Labute approximate surface area is 105 Å². The summed E-state index contributed by atoms with van der Waals surface area (Å²) in [6.07, 6.45) is 1.86. The molecule has 0 radical (unpaired) electrons. The van der Waals surface area contributed by atoms with E-state index in [9.17, 15) is 0 Å². The Balaban J connectivity index is 2.14. The van der Waals surface area contributed by atoms with E-state index >= 15 is 0 Å². The highest BCUT2D eigenvalue weighted by atomic mass is 35.5. The van der Waals surface area contributed by atoms with Crippen LogP contribution in [0.2, 0.25) is 5.02 Å². The molecule has 3 nitrogen and oxygen atoms in total. The average molecular weight is 248 g/mol. The number of nitrogens with zero attached hydrogens (tertiary/aromatic N) is 2. The minimum Gasteiger partial charge on any atom is -0.354 e. The summed E-state index contributed by atoms with van der Waals surface area (Å²) in [4.78, 5) is 6.80. The number of hydrogen-bond acceptors (Lipinski definition) is 3. The number of rotatable bonds is 1. The minimum atomic E-state index is 0.782. The summed E-state index contributed by atoms with van der Waals surface area (Å²) in [6.45, 7) is 3.97. The Bertz CT molecular complexity index is 530. The monoisotopic (exact) mass is 247 g/mol. The van der Waals surface area contributed by atoms with E-state index < -0.39 is 0 Å². The molecule has 1 N–H and O–H groups in total. The number of piperazine rings is 1. The zero-order valence-electron chi connectivity index (χ0n) is 9.49. The van der Waals surface area contributed by atoms with Gasteiger partial charge in [-0.1, -0.05) is 23.7 Å². The fraction of sp³-hybridized carbons (Fsp3) is 0.308. The van der Waals surface area contributed by atoms with Crippen LogP contribution in [0, 0.1) is 0 Å². The lowest BCUT2D eigenvalue weighted by molar-refractivity contribution is 0.586. The fourth-order valence-electron chi connectivity index (χ4n) is 2.28. The third-order valence-electron chi connectivity index (χ3n) is 3.14. The van der Waals surface area contributed by atoms with Crippen molar-refractivity contribution in [1.82, 2.24) is 10.3 Å². The van der Waals surface area contributed by atoms with Gasteiger partial charge in [-0.15, -0.1) is 0 Å². The third-order valence-corrected chi connectivity index (χ3v) is 3.45. The minimum absolute atomic E-state index is 0.782. The van der Waals surface area contributed by atoms with Gasteiger partial charge in [-0.05, 0) is 17.5 Å². The van der Waals surface area contributed by atoms with Crippen LogP contribution >= 0.6 is 11.6 Å². The molecule has 1 aliphatic rings. The Morgan fingerprint density at radius 3 is 2.82 bits per heavy atom. The molecule has 88 valence electrons. The molecule has 1 aromatic heterocycles. The van der Waals surface area contributed by atoms with Gasteiger partial charge in [0.25, 0.3) is 0 Å². The Hall–Kier alpha value is -1.32. The SMILES string of the molecule is Clc1cccc2ccnc(N3CCNCC3)c12. The summed E-state index contributed by atoms with van der Waals surface area (Å²) in [5, 5.41) is 6.35. The number of pyridine rings is 1. The first-order chi connectivity index (χ1) is 8.36. The molecule has 4 heteroatoms. The van der Waals surface area contributed by atoms with Crippen LogP contribution in [-0.2, 0) is 0 Å². The maximum atomic E-state index is 6.30.